The summed E-state index contributed by atoms with van der Waals surface area (Å²) in [5.41, 5.74) is 0.588. The molecule has 6 heteroatoms. The molecule has 0 aromatic heterocycles. The fourth-order valence-electron chi connectivity index (χ4n) is 2.11. The van der Waals surface area contributed by atoms with Crippen molar-refractivity contribution in [2.75, 3.05) is 12.4 Å². The van der Waals surface area contributed by atoms with Gasteiger partial charge in [-0.25, -0.2) is 0 Å². The summed E-state index contributed by atoms with van der Waals surface area (Å²) < 4.78 is 0. The maximum atomic E-state index is 12.1. The zero-order chi connectivity index (χ0) is 15.3. The number of amides is 1. The van der Waals surface area contributed by atoms with Gasteiger partial charge in [-0.1, -0.05) is 13.8 Å². The summed E-state index contributed by atoms with van der Waals surface area (Å²) in [5.74, 6) is 0.190. The van der Waals surface area contributed by atoms with Crippen molar-refractivity contribution < 1.29 is 9.72 Å². The molecule has 1 atom stereocenters. The van der Waals surface area contributed by atoms with Crippen LogP contribution in [0.1, 0.15) is 37.6 Å². The van der Waals surface area contributed by atoms with E-state index in [1.54, 1.807) is 19.2 Å². The lowest BCUT2D eigenvalue weighted by Gasteiger charge is -2.16. The van der Waals surface area contributed by atoms with Crippen molar-refractivity contribution in [1.82, 2.24) is 5.32 Å². The van der Waals surface area contributed by atoms with Crippen molar-refractivity contribution in [3.63, 3.8) is 0 Å². The highest BCUT2D eigenvalue weighted by atomic mass is 16.6. The quantitative estimate of drug-likeness (QED) is 0.619. The third-order valence-electron chi connectivity index (χ3n) is 2.93. The highest BCUT2D eigenvalue weighted by molar-refractivity contribution is 5.95. The minimum atomic E-state index is -0.500. The Kier molecular flexibility index (Phi) is 5.49. The zero-order valence-electron chi connectivity index (χ0n) is 12.3. The summed E-state index contributed by atoms with van der Waals surface area (Å²) in [7, 11) is 1.60. The molecule has 1 aromatic carbocycles. The first kappa shape index (κ1) is 15.9. The Morgan fingerprint density at radius 2 is 2.00 bits per heavy atom. The van der Waals surface area contributed by atoms with Gasteiger partial charge in [-0.2, -0.15) is 0 Å². The number of hydrogen-bond donors (Lipinski definition) is 2. The zero-order valence-corrected chi connectivity index (χ0v) is 12.3. The van der Waals surface area contributed by atoms with E-state index in [1.165, 1.54) is 6.07 Å². The first-order valence-electron chi connectivity index (χ1n) is 6.62. The molecule has 1 aromatic rings. The molecule has 0 saturated carbocycles. The SMILES string of the molecule is CNc1ccc(C(=O)NC(C)CC(C)C)cc1[N+](=O)[O-]. The number of rotatable bonds is 6. The number of benzene rings is 1. The van der Waals surface area contributed by atoms with Crippen LogP contribution in [0.2, 0.25) is 0 Å². The highest BCUT2D eigenvalue weighted by Crippen LogP contribution is 2.25. The van der Waals surface area contributed by atoms with Crippen LogP contribution in [0.15, 0.2) is 18.2 Å². The molecule has 0 fully saturated rings. The van der Waals surface area contributed by atoms with Crippen LogP contribution in [-0.4, -0.2) is 23.9 Å². The van der Waals surface area contributed by atoms with Crippen LogP contribution in [0.5, 0.6) is 0 Å². The Bertz CT molecular complexity index is 500. The van der Waals surface area contributed by atoms with Gasteiger partial charge in [0.25, 0.3) is 11.6 Å². The largest absolute Gasteiger partial charge is 0.383 e. The Balaban J connectivity index is 2.88. The number of carbonyl (C=O) groups is 1. The summed E-state index contributed by atoms with van der Waals surface area (Å²) in [6.07, 6.45) is 0.864. The molecule has 0 radical (unpaired) electrons. The van der Waals surface area contributed by atoms with E-state index in [0.29, 0.717) is 17.2 Å². The molecule has 20 heavy (non-hydrogen) atoms. The smallest absolute Gasteiger partial charge is 0.293 e. The van der Waals surface area contributed by atoms with Crippen LogP contribution >= 0.6 is 0 Å². The van der Waals surface area contributed by atoms with E-state index >= 15 is 0 Å². The fraction of sp³-hybridized carbons (Fsp3) is 0.500. The molecule has 0 aliphatic carbocycles. The van der Waals surface area contributed by atoms with E-state index < -0.39 is 4.92 Å². The lowest BCUT2D eigenvalue weighted by atomic mass is 10.0. The number of hydrogen-bond acceptors (Lipinski definition) is 4. The molecule has 0 aliphatic heterocycles. The van der Waals surface area contributed by atoms with Gasteiger partial charge < -0.3 is 10.6 Å². The van der Waals surface area contributed by atoms with E-state index in [0.717, 1.165) is 6.42 Å². The van der Waals surface area contributed by atoms with E-state index in [2.05, 4.69) is 24.5 Å². The topological polar surface area (TPSA) is 84.3 Å². The monoisotopic (exact) mass is 279 g/mol. The van der Waals surface area contributed by atoms with Gasteiger partial charge in [-0.15, -0.1) is 0 Å². The molecule has 0 saturated heterocycles. The number of nitro benzene ring substituents is 1. The van der Waals surface area contributed by atoms with Crippen molar-refractivity contribution in [3.05, 3.63) is 33.9 Å². The summed E-state index contributed by atoms with van der Waals surface area (Å²) in [5, 5.41) is 16.5. The Morgan fingerprint density at radius 1 is 1.35 bits per heavy atom. The minimum absolute atomic E-state index is 0.0329. The van der Waals surface area contributed by atoms with Crippen LogP contribution in [-0.2, 0) is 0 Å². The van der Waals surface area contributed by atoms with Crippen molar-refractivity contribution in [1.29, 1.82) is 0 Å². The fourth-order valence-corrected chi connectivity index (χ4v) is 2.11. The molecule has 1 unspecified atom stereocenters. The summed E-state index contributed by atoms with van der Waals surface area (Å²) in [6.45, 7) is 6.08. The molecule has 0 bridgehead atoms. The molecule has 0 heterocycles. The Labute approximate surface area is 118 Å². The molecule has 6 nitrogen and oxygen atoms in total. The third kappa shape index (κ3) is 4.22. The third-order valence-corrected chi connectivity index (χ3v) is 2.93. The number of carbonyl (C=O) groups excluding carboxylic acids is 1. The normalized spacial score (nSPS) is 12.1. The maximum absolute atomic E-state index is 12.1. The van der Waals surface area contributed by atoms with Crippen LogP contribution < -0.4 is 10.6 Å². The number of nitrogens with zero attached hydrogens (tertiary/aromatic N) is 1. The molecule has 110 valence electrons. The standard InChI is InChI=1S/C14H21N3O3/c1-9(2)7-10(3)16-14(18)11-5-6-12(15-4)13(8-11)17(19)20/h5-6,8-10,15H,7H2,1-4H3,(H,16,18). The van der Waals surface area contributed by atoms with Gasteiger partial charge in [0.2, 0.25) is 0 Å². The van der Waals surface area contributed by atoms with Gasteiger partial charge in [-0.3, -0.25) is 14.9 Å². The molecule has 0 spiro atoms. The number of nitrogens with one attached hydrogen (secondary N) is 2. The highest BCUT2D eigenvalue weighted by Gasteiger charge is 2.18. The molecule has 1 rings (SSSR count). The van der Waals surface area contributed by atoms with E-state index in [1.807, 2.05) is 6.92 Å². The molecule has 1 amide bonds. The predicted octanol–water partition coefficient (Wildman–Crippen LogP) is 2.80. The van der Waals surface area contributed by atoms with E-state index in [9.17, 15) is 14.9 Å². The molecule has 0 aliphatic rings. The first-order valence-corrected chi connectivity index (χ1v) is 6.62. The summed E-state index contributed by atoms with van der Waals surface area (Å²) in [4.78, 5) is 22.5. The van der Waals surface area contributed by atoms with E-state index in [4.69, 9.17) is 0 Å². The second-order valence-electron chi connectivity index (χ2n) is 5.24. The minimum Gasteiger partial charge on any atom is -0.383 e. The average molecular weight is 279 g/mol. The van der Waals surface area contributed by atoms with Crippen molar-refractivity contribution in [3.8, 4) is 0 Å². The van der Waals surface area contributed by atoms with E-state index in [-0.39, 0.29) is 17.6 Å². The molecule has 2 N–H and O–H groups in total. The van der Waals surface area contributed by atoms with Crippen molar-refractivity contribution >= 4 is 17.3 Å². The van der Waals surface area contributed by atoms with Gasteiger partial charge in [0.05, 0.1) is 4.92 Å². The van der Waals surface area contributed by atoms with Gasteiger partial charge >= 0.3 is 0 Å². The number of anilines is 1. The van der Waals surface area contributed by atoms with Crippen LogP contribution in [0.4, 0.5) is 11.4 Å². The lowest BCUT2D eigenvalue weighted by Crippen LogP contribution is -2.33. The van der Waals surface area contributed by atoms with Gasteiger partial charge in [0.1, 0.15) is 5.69 Å². The van der Waals surface area contributed by atoms with Gasteiger partial charge in [0, 0.05) is 24.7 Å². The second-order valence-corrected chi connectivity index (χ2v) is 5.24. The van der Waals surface area contributed by atoms with Gasteiger partial charge in [-0.05, 0) is 31.4 Å². The second kappa shape index (κ2) is 6.88. The Hall–Kier alpha value is -2.11. The average Bonchev–Trinajstić information content (AvgIpc) is 2.36. The van der Waals surface area contributed by atoms with Crippen molar-refractivity contribution in [2.24, 2.45) is 5.92 Å². The molecular weight excluding hydrogens is 258 g/mol. The summed E-state index contributed by atoms with van der Waals surface area (Å²) in [6, 6.07) is 4.45. The first-order chi connectivity index (χ1) is 9.35. The van der Waals surface area contributed by atoms with Crippen LogP contribution in [0.3, 0.4) is 0 Å². The number of nitro groups is 1. The lowest BCUT2D eigenvalue weighted by molar-refractivity contribution is -0.384. The van der Waals surface area contributed by atoms with Gasteiger partial charge in [0.15, 0.2) is 0 Å². The van der Waals surface area contributed by atoms with Crippen LogP contribution in [0.25, 0.3) is 0 Å². The predicted molar refractivity (Wildman–Crippen MR) is 79.0 cm³/mol. The summed E-state index contributed by atoms with van der Waals surface area (Å²) >= 11 is 0. The molecular formula is C14H21N3O3. The van der Waals surface area contributed by atoms with Crippen molar-refractivity contribution in [2.45, 2.75) is 33.2 Å². The maximum Gasteiger partial charge on any atom is 0.293 e. The van der Waals surface area contributed by atoms with Crippen LogP contribution in [0, 0.1) is 16.0 Å². The Morgan fingerprint density at radius 3 is 2.50 bits per heavy atom.